The van der Waals surface area contributed by atoms with Crippen molar-refractivity contribution in [3.05, 3.63) is 125 Å². The summed E-state index contributed by atoms with van der Waals surface area (Å²) in [5.74, 6) is 1.80. The van der Waals surface area contributed by atoms with Crippen molar-refractivity contribution in [2.45, 2.75) is 39.3 Å². The summed E-state index contributed by atoms with van der Waals surface area (Å²) in [6.45, 7) is 4.13. The lowest BCUT2D eigenvalue weighted by molar-refractivity contribution is 0.0913. The van der Waals surface area contributed by atoms with Gasteiger partial charge in [0.05, 0.1) is 17.7 Å². The van der Waals surface area contributed by atoms with Gasteiger partial charge in [0, 0.05) is 11.6 Å². The third-order valence-electron chi connectivity index (χ3n) is 6.52. The van der Waals surface area contributed by atoms with E-state index in [4.69, 9.17) is 18.9 Å². The number of benzene rings is 4. The highest BCUT2D eigenvalue weighted by molar-refractivity contribution is 6.00. The highest BCUT2D eigenvalue weighted by atomic mass is 16.5. The number of carbonyl (C=O) groups is 1. The number of Topliss-reactive ketones (excluding diaryl/α,β-unsaturated/α-hetero) is 1. The van der Waals surface area contributed by atoms with Crippen LogP contribution in [-0.2, 0) is 19.8 Å². The molecule has 0 aliphatic carbocycles. The van der Waals surface area contributed by atoms with Gasteiger partial charge in [-0.15, -0.1) is 0 Å². The number of ketones is 1. The van der Waals surface area contributed by atoms with E-state index in [2.05, 4.69) is 0 Å². The maximum absolute atomic E-state index is 13.5. The predicted molar refractivity (Wildman–Crippen MR) is 154 cm³/mol. The van der Waals surface area contributed by atoms with Crippen LogP contribution in [0.15, 0.2) is 97.1 Å². The number of rotatable bonds is 11. The summed E-state index contributed by atoms with van der Waals surface area (Å²) < 4.78 is 24.2. The molecule has 1 N–H and O–H groups in total. The molecule has 0 atom stereocenters. The smallest absolute Gasteiger partial charge is 0.203 e. The maximum Gasteiger partial charge on any atom is 0.203 e. The second kappa shape index (κ2) is 12.1. The van der Waals surface area contributed by atoms with E-state index in [0.717, 1.165) is 11.1 Å². The van der Waals surface area contributed by atoms with Crippen LogP contribution >= 0.6 is 0 Å². The minimum atomic E-state index is -0.462. The lowest BCUT2D eigenvalue weighted by Crippen LogP contribution is -2.27. The highest BCUT2D eigenvalue weighted by Crippen LogP contribution is 2.39. The van der Waals surface area contributed by atoms with E-state index >= 15 is 0 Å². The first kappa shape index (κ1) is 27.0. The fraction of sp³-hybridized carbons (Fsp3) is 0.206. The molecule has 5 rings (SSSR count). The van der Waals surface area contributed by atoms with E-state index < -0.39 is 5.60 Å². The van der Waals surface area contributed by atoms with E-state index in [0.29, 0.717) is 52.9 Å². The van der Waals surface area contributed by atoms with Crippen LogP contribution in [0.25, 0.3) is 6.08 Å². The molecule has 0 spiro atoms. The molecule has 0 bridgehead atoms. The number of hydrogen-bond donors (Lipinski definition) is 1. The monoisotopic (exact) mass is 536 g/mol. The molecule has 0 saturated carbocycles. The van der Waals surface area contributed by atoms with Crippen LogP contribution in [0.1, 0.15) is 46.5 Å². The summed E-state index contributed by atoms with van der Waals surface area (Å²) in [5, 5.41) is 9.93. The molecule has 6 heteroatoms. The number of ether oxygens (including phenoxy) is 4. The normalized spacial score (nSPS) is 13.2. The summed E-state index contributed by atoms with van der Waals surface area (Å²) in [4.78, 5) is 13.5. The summed E-state index contributed by atoms with van der Waals surface area (Å²) >= 11 is 0. The van der Waals surface area contributed by atoms with E-state index in [9.17, 15) is 9.90 Å². The van der Waals surface area contributed by atoms with Crippen molar-refractivity contribution < 1.29 is 28.8 Å². The fourth-order valence-electron chi connectivity index (χ4n) is 4.40. The van der Waals surface area contributed by atoms with Crippen molar-refractivity contribution in [3.63, 3.8) is 0 Å². The molecular formula is C34H32O6. The van der Waals surface area contributed by atoms with Gasteiger partial charge in [0.2, 0.25) is 5.78 Å². The highest BCUT2D eigenvalue weighted by Gasteiger charge is 2.26. The summed E-state index contributed by atoms with van der Waals surface area (Å²) in [6.07, 6.45) is 3.83. The van der Waals surface area contributed by atoms with Gasteiger partial charge in [-0.1, -0.05) is 60.7 Å². The third kappa shape index (κ3) is 6.53. The molecule has 0 saturated heterocycles. The van der Waals surface area contributed by atoms with Crippen LogP contribution in [0, 0.1) is 0 Å². The van der Waals surface area contributed by atoms with Crippen LogP contribution in [0.2, 0.25) is 0 Å². The molecule has 4 aromatic carbocycles. The maximum atomic E-state index is 13.5. The average molecular weight is 537 g/mol. The fourth-order valence-corrected chi connectivity index (χ4v) is 4.40. The zero-order valence-electron chi connectivity index (χ0n) is 22.6. The Kier molecular flexibility index (Phi) is 8.18. The minimum Gasteiger partial charge on any atom is -0.489 e. The zero-order valence-corrected chi connectivity index (χ0v) is 22.6. The van der Waals surface area contributed by atoms with Gasteiger partial charge in [0.15, 0.2) is 6.61 Å². The number of carbonyl (C=O) groups excluding carboxylic acids is 1. The van der Waals surface area contributed by atoms with Crippen LogP contribution in [0.4, 0.5) is 0 Å². The van der Waals surface area contributed by atoms with Crippen LogP contribution < -0.4 is 18.9 Å². The molecule has 0 unspecified atom stereocenters. The van der Waals surface area contributed by atoms with E-state index in [1.165, 1.54) is 0 Å². The Balaban J connectivity index is 1.36. The molecule has 1 aliphatic rings. The van der Waals surface area contributed by atoms with E-state index in [1.54, 1.807) is 24.3 Å². The van der Waals surface area contributed by atoms with Crippen molar-refractivity contribution in [3.8, 4) is 23.0 Å². The molecule has 0 fully saturated rings. The Morgan fingerprint density at radius 2 is 1.50 bits per heavy atom. The molecule has 1 aliphatic heterocycles. The second-order valence-corrected chi connectivity index (χ2v) is 10.1. The van der Waals surface area contributed by atoms with Gasteiger partial charge >= 0.3 is 0 Å². The number of aliphatic hydroxyl groups is 1. The van der Waals surface area contributed by atoms with E-state index in [-0.39, 0.29) is 19.0 Å². The van der Waals surface area contributed by atoms with Crippen LogP contribution in [0.3, 0.4) is 0 Å². The van der Waals surface area contributed by atoms with Crippen molar-refractivity contribution in [1.29, 1.82) is 0 Å². The Morgan fingerprint density at radius 3 is 2.17 bits per heavy atom. The topological polar surface area (TPSA) is 74.2 Å². The summed E-state index contributed by atoms with van der Waals surface area (Å²) in [5.41, 5.74) is 3.21. The minimum absolute atomic E-state index is 0.229. The van der Waals surface area contributed by atoms with Crippen LogP contribution in [-0.4, -0.2) is 23.1 Å². The van der Waals surface area contributed by atoms with Gasteiger partial charge in [0.1, 0.15) is 41.8 Å². The quantitative estimate of drug-likeness (QED) is 0.213. The van der Waals surface area contributed by atoms with Crippen molar-refractivity contribution in [2.75, 3.05) is 6.61 Å². The SMILES string of the molecule is CC1(C)C=Cc2c(ccc(CO)c2OCC(=O)c2ccc(OCc3ccccc3)cc2OCc2ccccc2)O1. The van der Waals surface area contributed by atoms with Gasteiger partial charge in [-0.05, 0) is 61.4 Å². The Bertz CT molecular complexity index is 1490. The van der Waals surface area contributed by atoms with Crippen molar-refractivity contribution in [1.82, 2.24) is 0 Å². The lowest BCUT2D eigenvalue weighted by Gasteiger charge is -2.29. The molecule has 40 heavy (non-hydrogen) atoms. The first-order valence-electron chi connectivity index (χ1n) is 13.2. The molecule has 0 amide bonds. The van der Waals surface area contributed by atoms with Gasteiger partial charge in [-0.25, -0.2) is 0 Å². The number of fused-ring (bicyclic) bond motifs is 1. The van der Waals surface area contributed by atoms with Crippen molar-refractivity contribution >= 4 is 11.9 Å². The molecular weight excluding hydrogens is 504 g/mol. The molecule has 1 heterocycles. The molecule has 4 aromatic rings. The standard InChI is InChI=1S/C34H32O6/c1-34(2)18-17-29-31(40-34)16-13-26(20-35)33(29)39-23-30(36)28-15-14-27(37-21-24-9-5-3-6-10-24)19-32(28)38-22-25-11-7-4-8-12-25/h3-19,35H,20-23H2,1-2H3. The molecule has 6 nitrogen and oxygen atoms in total. The summed E-state index contributed by atoms with van der Waals surface area (Å²) in [7, 11) is 0. The Labute approximate surface area is 234 Å². The number of aliphatic hydroxyl groups excluding tert-OH is 1. The van der Waals surface area contributed by atoms with Gasteiger partial charge in [0.25, 0.3) is 0 Å². The number of hydrogen-bond acceptors (Lipinski definition) is 6. The molecule has 0 aromatic heterocycles. The van der Waals surface area contributed by atoms with E-state index in [1.807, 2.05) is 92.7 Å². The average Bonchev–Trinajstić information content (AvgIpc) is 2.98. The first-order valence-corrected chi connectivity index (χ1v) is 13.2. The predicted octanol–water partition coefficient (Wildman–Crippen LogP) is 6.78. The second-order valence-electron chi connectivity index (χ2n) is 10.1. The summed E-state index contributed by atoms with van der Waals surface area (Å²) in [6, 6.07) is 28.4. The van der Waals surface area contributed by atoms with Crippen LogP contribution in [0.5, 0.6) is 23.0 Å². The van der Waals surface area contributed by atoms with Gasteiger partial charge < -0.3 is 24.1 Å². The lowest BCUT2D eigenvalue weighted by atomic mass is 9.99. The zero-order chi connectivity index (χ0) is 28.0. The Hall–Kier alpha value is -4.55. The largest absolute Gasteiger partial charge is 0.489 e. The van der Waals surface area contributed by atoms with Gasteiger partial charge in [-0.3, -0.25) is 4.79 Å². The first-order chi connectivity index (χ1) is 19.4. The van der Waals surface area contributed by atoms with Gasteiger partial charge in [-0.2, -0.15) is 0 Å². The van der Waals surface area contributed by atoms with Crippen molar-refractivity contribution in [2.24, 2.45) is 0 Å². The Morgan fingerprint density at radius 1 is 0.825 bits per heavy atom. The molecule has 204 valence electrons. The molecule has 0 radical (unpaired) electrons. The third-order valence-corrected chi connectivity index (χ3v) is 6.52.